The molecule has 0 spiro atoms. The summed E-state index contributed by atoms with van der Waals surface area (Å²) in [5, 5.41) is 11.3. The molecule has 5 nitrogen and oxygen atoms in total. The Morgan fingerprint density at radius 2 is 0.903 bits per heavy atom. The molecule has 0 N–H and O–H groups in total. The molecule has 0 saturated carbocycles. The van der Waals surface area contributed by atoms with Gasteiger partial charge in [-0.05, 0) is 79.5 Å². The Hall–Kier alpha value is -8.41. The first-order chi connectivity index (χ1) is 30.7. The highest BCUT2D eigenvalue weighted by Gasteiger charge is 2.22. The first-order valence-corrected chi connectivity index (χ1v) is 20.9. The van der Waals surface area contributed by atoms with Crippen molar-refractivity contribution in [3.8, 4) is 51.0 Å². The Morgan fingerprint density at radius 1 is 0.339 bits per heavy atom. The third kappa shape index (κ3) is 5.38. The first-order valence-electron chi connectivity index (χ1n) is 20.9. The lowest BCUT2D eigenvalue weighted by atomic mass is 9.94. The number of para-hydroxylation sites is 1. The first kappa shape index (κ1) is 34.5. The van der Waals surface area contributed by atoms with Crippen LogP contribution >= 0.6 is 0 Å². The SMILES string of the molecule is c1ccc(-c2ccccc2-c2ccc(-c3nc(-c4cccc5c4oc4cc6ccccc6cc45)nc(-n4c5cc6ccccc6cc5c5ccc6ccccc6c54)n3)cc2)cc1. The number of rotatable bonds is 5. The van der Waals surface area contributed by atoms with Crippen molar-refractivity contribution in [2.24, 2.45) is 0 Å². The molecular weight excluding hydrogens is 757 g/mol. The van der Waals surface area contributed by atoms with E-state index in [1.54, 1.807) is 0 Å². The van der Waals surface area contributed by atoms with Gasteiger partial charge < -0.3 is 4.42 Å². The molecule has 0 aliphatic rings. The highest BCUT2D eigenvalue weighted by atomic mass is 16.3. The van der Waals surface area contributed by atoms with Crippen LogP contribution in [-0.4, -0.2) is 19.5 Å². The van der Waals surface area contributed by atoms with Gasteiger partial charge in [0.1, 0.15) is 11.2 Å². The van der Waals surface area contributed by atoms with Crippen molar-refractivity contribution in [2.75, 3.05) is 0 Å². The van der Waals surface area contributed by atoms with E-state index in [-0.39, 0.29) is 0 Å². The molecule has 0 unspecified atom stereocenters. The number of benzene rings is 10. The summed E-state index contributed by atoms with van der Waals surface area (Å²) < 4.78 is 9.01. The zero-order valence-electron chi connectivity index (χ0n) is 33.3. The molecule has 0 fully saturated rings. The van der Waals surface area contributed by atoms with Gasteiger partial charge in [0, 0.05) is 32.5 Å². The molecule has 0 aliphatic carbocycles. The molecule has 13 rings (SSSR count). The molecule has 5 heteroatoms. The number of aromatic nitrogens is 4. The fourth-order valence-electron chi connectivity index (χ4n) is 9.45. The Morgan fingerprint density at radius 3 is 1.66 bits per heavy atom. The quantitative estimate of drug-likeness (QED) is 0.174. The maximum absolute atomic E-state index is 6.77. The predicted molar refractivity (Wildman–Crippen MR) is 256 cm³/mol. The Labute approximate surface area is 355 Å². The van der Waals surface area contributed by atoms with Crippen LogP contribution in [0, 0.1) is 0 Å². The standard InChI is InChI=1S/C57H34N4O/c1-2-13-35(14-3-1)43-20-10-11-21-44(43)37-25-27-38(28-26-37)55-58-56(48-24-12-23-47-50-32-40-17-5-7-19-42(40)34-52(50)62-54(47)48)60-57(59-55)61-51-33-41-18-6-4-16-39(41)31-49(51)46-30-29-36-15-8-9-22-45(36)53(46)61/h1-34H. The average Bonchev–Trinajstić information content (AvgIpc) is 3.87. The fraction of sp³-hybridized carbons (Fsp3) is 0. The topological polar surface area (TPSA) is 56.7 Å². The van der Waals surface area contributed by atoms with E-state index in [1.165, 1.54) is 21.9 Å². The smallest absolute Gasteiger partial charge is 0.238 e. The summed E-state index contributed by atoms with van der Waals surface area (Å²) in [4.78, 5) is 16.1. The molecule has 3 aromatic heterocycles. The zero-order valence-corrected chi connectivity index (χ0v) is 33.3. The van der Waals surface area contributed by atoms with Gasteiger partial charge in [0.2, 0.25) is 5.95 Å². The van der Waals surface area contributed by atoms with Gasteiger partial charge in [0.25, 0.3) is 0 Å². The Kier molecular flexibility index (Phi) is 7.54. The van der Waals surface area contributed by atoms with Crippen LogP contribution in [0.3, 0.4) is 0 Å². The van der Waals surface area contributed by atoms with Gasteiger partial charge in [0.05, 0.1) is 16.6 Å². The van der Waals surface area contributed by atoms with Gasteiger partial charge in [-0.1, -0.05) is 176 Å². The summed E-state index contributed by atoms with van der Waals surface area (Å²) in [7, 11) is 0. The maximum Gasteiger partial charge on any atom is 0.238 e. The van der Waals surface area contributed by atoms with Gasteiger partial charge >= 0.3 is 0 Å². The van der Waals surface area contributed by atoms with Crippen LogP contribution in [0.2, 0.25) is 0 Å². The monoisotopic (exact) mass is 790 g/mol. The van der Waals surface area contributed by atoms with Crippen LogP contribution in [0.15, 0.2) is 211 Å². The molecule has 0 saturated heterocycles. The summed E-state index contributed by atoms with van der Waals surface area (Å²) in [5.74, 6) is 1.64. The van der Waals surface area contributed by atoms with Crippen LogP contribution in [0.25, 0.3) is 127 Å². The highest BCUT2D eigenvalue weighted by molar-refractivity contribution is 6.20. The predicted octanol–water partition coefficient (Wildman–Crippen LogP) is 15.0. The average molecular weight is 791 g/mol. The molecule has 62 heavy (non-hydrogen) atoms. The summed E-state index contributed by atoms with van der Waals surface area (Å²) >= 11 is 0. The summed E-state index contributed by atoms with van der Waals surface area (Å²) in [6, 6.07) is 72.8. The molecule has 288 valence electrons. The van der Waals surface area contributed by atoms with E-state index in [9.17, 15) is 0 Å². The van der Waals surface area contributed by atoms with Gasteiger partial charge in [-0.15, -0.1) is 0 Å². The van der Waals surface area contributed by atoms with Crippen molar-refractivity contribution in [3.05, 3.63) is 206 Å². The van der Waals surface area contributed by atoms with Crippen molar-refractivity contribution in [1.82, 2.24) is 19.5 Å². The molecule has 3 heterocycles. The van der Waals surface area contributed by atoms with Gasteiger partial charge in [0.15, 0.2) is 11.6 Å². The normalized spacial score (nSPS) is 11.9. The second-order valence-electron chi connectivity index (χ2n) is 16.0. The second kappa shape index (κ2) is 13.6. The molecule has 10 aromatic carbocycles. The van der Waals surface area contributed by atoms with E-state index in [1.807, 2.05) is 0 Å². The van der Waals surface area contributed by atoms with Gasteiger partial charge in [-0.3, -0.25) is 4.57 Å². The van der Waals surface area contributed by atoms with Crippen molar-refractivity contribution >= 4 is 76.1 Å². The minimum absolute atomic E-state index is 0.536. The van der Waals surface area contributed by atoms with Crippen molar-refractivity contribution < 1.29 is 4.42 Å². The molecule has 0 amide bonds. The number of nitrogens with zero attached hydrogens (tertiary/aromatic N) is 4. The number of furan rings is 1. The molecule has 0 bridgehead atoms. The van der Waals surface area contributed by atoms with Crippen LogP contribution in [-0.2, 0) is 0 Å². The van der Waals surface area contributed by atoms with Crippen LogP contribution < -0.4 is 0 Å². The van der Waals surface area contributed by atoms with E-state index in [4.69, 9.17) is 19.4 Å². The van der Waals surface area contributed by atoms with Crippen molar-refractivity contribution in [2.45, 2.75) is 0 Å². The van der Waals surface area contributed by atoms with E-state index in [0.717, 1.165) is 87.5 Å². The van der Waals surface area contributed by atoms with Gasteiger partial charge in [-0.25, -0.2) is 4.98 Å². The molecular formula is C57H34N4O. The van der Waals surface area contributed by atoms with Gasteiger partial charge in [-0.2, -0.15) is 9.97 Å². The van der Waals surface area contributed by atoms with Crippen molar-refractivity contribution in [3.63, 3.8) is 0 Å². The maximum atomic E-state index is 6.77. The third-order valence-corrected chi connectivity index (χ3v) is 12.4. The van der Waals surface area contributed by atoms with E-state index < -0.39 is 0 Å². The van der Waals surface area contributed by atoms with E-state index in [0.29, 0.717) is 17.6 Å². The summed E-state index contributed by atoms with van der Waals surface area (Å²) in [6.07, 6.45) is 0. The molecule has 13 aromatic rings. The zero-order chi connectivity index (χ0) is 40.7. The minimum atomic E-state index is 0.536. The number of fused-ring (bicyclic) bond motifs is 10. The molecule has 0 aliphatic heterocycles. The van der Waals surface area contributed by atoms with Crippen molar-refractivity contribution in [1.29, 1.82) is 0 Å². The van der Waals surface area contributed by atoms with E-state index >= 15 is 0 Å². The summed E-state index contributed by atoms with van der Waals surface area (Å²) in [5.41, 5.74) is 9.98. The molecule has 0 atom stereocenters. The Bertz CT molecular complexity index is 3920. The lowest BCUT2D eigenvalue weighted by Gasteiger charge is -2.13. The van der Waals surface area contributed by atoms with E-state index in [2.05, 4.69) is 211 Å². The fourth-order valence-corrected chi connectivity index (χ4v) is 9.45. The highest BCUT2D eigenvalue weighted by Crippen LogP contribution is 2.41. The number of hydrogen-bond donors (Lipinski definition) is 0. The second-order valence-corrected chi connectivity index (χ2v) is 16.0. The van der Waals surface area contributed by atoms with Crippen LogP contribution in [0.5, 0.6) is 0 Å². The Balaban J connectivity index is 1.08. The lowest BCUT2D eigenvalue weighted by Crippen LogP contribution is -2.06. The largest absolute Gasteiger partial charge is 0.455 e. The van der Waals surface area contributed by atoms with Crippen LogP contribution in [0.4, 0.5) is 0 Å². The van der Waals surface area contributed by atoms with Crippen LogP contribution in [0.1, 0.15) is 0 Å². The summed E-state index contributed by atoms with van der Waals surface area (Å²) in [6.45, 7) is 0. The molecule has 0 radical (unpaired) electrons. The third-order valence-electron chi connectivity index (χ3n) is 12.4. The number of hydrogen-bond acceptors (Lipinski definition) is 4. The lowest BCUT2D eigenvalue weighted by molar-refractivity contribution is 0.670. The minimum Gasteiger partial charge on any atom is -0.455 e.